The van der Waals surface area contributed by atoms with Crippen molar-refractivity contribution in [2.24, 2.45) is 7.05 Å². The SMILES string of the molecule is Cn1cc(C(=O)N2CCN(C(=O)c3ccc(F)cc3)CC2)c2nn(-c3ccccc3)c(=O)c-2c1. The van der Waals surface area contributed by atoms with E-state index in [1.54, 1.807) is 45.9 Å². The fraction of sp³-hybridized carbons (Fsp3) is 0.200. The van der Waals surface area contributed by atoms with E-state index >= 15 is 0 Å². The lowest BCUT2D eigenvalue weighted by Gasteiger charge is -2.35. The van der Waals surface area contributed by atoms with Gasteiger partial charge in [0.1, 0.15) is 11.5 Å². The monoisotopic (exact) mass is 459 g/mol. The van der Waals surface area contributed by atoms with Crippen LogP contribution in [0.1, 0.15) is 20.7 Å². The van der Waals surface area contributed by atoms with Gasteiger partial charge in [0, 0.05) is 51.2 Å². The van der Waals surface area contributed by atoms with Crippen LogP contribution in [0.2, 0.25) is 0 Å². The standard InChI is InChI=1S/C25H22FN5O3/c1-28-15-20(22-21(16-28)25(34)31(27-22)19-5-3-2-4-6-19)24(33)30-13-11-29(12-14-30)23(32)17-7-9-18(26)10-8-17/h2-10,15-16H,11-14H2,1H3. The molecule has 3 heterocycles. The first-order valence-corrected chi connectivity index (χ1v) is 10.9. The average molecular weight is 459 g/mol. The number of rotatable bonds is 3. The van der Waals surface area contributed by atoms with Crippen molar-refractivity contribution >= 4 is 11.8 Å². The molecule has 9 heteroatoms. The number of nitrogens with zero attached hydrogens (tertiary/aromatic N) is 5. The molecule has 3 aliphatic heterocycles. The van der Waals surface area contributed by atoms with Gasteiger partial charge in [-0.15, -0.1) is 0 Å². The molecule has 1 fully saturated rings. The van der Waals surface area contributed by atoms with E-state index in [-0.39, 0.29) is 17.4 Å². The van der Waals surface area contributed by atoms with Crippen LogP contribution in [0.15, 0.2) is 71.8 Å². The van der Waals surface area contributed by atoms with Crippen molar-refractivity contribution in [3.8, 4) is 16.9 Å². The summed E-state index contributed by atoms with van der Waals surface area (Å²) in [5, 5.41) is 4.48. The third kappa shape index (κ3) is 3.85. The predicted molar refractivity (Wildman–Crippen MR) is 124 cm³/mol. The summed E-state index contributed by atoms with van der Waals surface area (Å²) < 4.78 is 16.1. The van der Waals surface area contributed by atoms with E-state index in [2.05, 4.69) is 5.10 Å². The quantitative estimate of drug-likeness (QED) is 0.471. The Morgan fingerprint density at radius 1 is 0.853 bits per heavy atom. The van der Waals surface area contributed by atoms with Gasteiger partial charge in [-0.3, -0.25) is 14.4 Å². The highest BCUT2D eigenvalue weighted by molar-refractivity contribution is 6.00. The summed E-state index contributed by atoms with van der Waals surface area (Å²) in [4.78, 5) is 42.4. The lowest BCUT2D eigenvalue weighted by atomic mass is 10.1. The first-order chi connectivity index (χ1) is 16.4. The minimum atomic E-state index is -0.398. The molecule has 0 unspecified atom stereocenters. The number of benzene rings is 2. The number of aryl methyl sites for hydroxylation is 1. The maximum atomic E-state index is 13.4. The Morgan fingerprint density at radius 2 is 1.47 bits per heavy atom. The third-order valence-corrected chi connectivity index (χ3v) is 5.97. The van der Waals surface area contributed by atoms with Gasteiger partial charge < -0.3 is 14.4 Å². The van der Waals surface area contributed by atoms with Crippen LogP contribution in [0.5, 0.6) is 0 Å². The summed E-state index contributed by atoms with van der Waals surface area (Å²) in [7, 11) is 1.76. The number of amides is 2. The van der Waals surface area contributed by atoms with Gasteiger partial charge in [-0.1, -0.05) is 18.2 Å². The molecule has 0 saturated carbocycles. The van der Waals surface area contributed by atoms with Gasteiger partial charge in [0.25, 0.3) is 17.4 Å². The predicted octanol–water partition coefficient (Wildman–Crippen LogP) is 2.41. The van der Waals surface area contributed by atoms with Crippen molar-refractivity contribution in [1.82, 2.24) is 24.1 Å². The van der Waals surface area contributed by atoms with Crippen LogP contribution in [0.4, 0.5) is 4.39 Å². The van der Waals surface area contributed by atoms with Crippen molar-refractivity contribution in [2.75, 3.05) is 26.2 Å². The zero-order valence-electron chi connectivity index (χ0n) is 18.5. The molecule has 172 valence electrons. The molecule has 8 nitrogen and oxygen atoms in total. The summed E-state index contributed by atoms with van der Waals surface area (Å²) in [6, 6.07) is 14.5. The molecule has 2 aromatic rings. The molecular formula is C25H22FN5O3. The number of hydrogen-bond acceptors (Lipinski definition) is 4. The zero-order valence-corrected chi connectivity index (χ0v) is 18.5. The summed E-state index contributed by atoms with van der Waals surface area (Å²) in [5.41, 5.74) is 1.79. The number of piperazine rings is 1. The average Bonchev–Trinajstić information content (AvgIpc) is 3.20. The molecule has 1 saturated heterocycles. The van der Waals surface area contributed by atoms with Gasteiger partial charge in [-0.2, -0.15) is 9.78 Å². The van der Waals surface area contributed by atoms with Crippen molar-refractivity contribution in [3.05, 3.63) is 94.3 Å². The number of carbonyl (C=O) groups is 2. The van der Waals surface area contributed by atoms with E-state index in [4.69, 9.17) is 0 Å². The second kappa shape index (κ2) is 8.58. The summed E-state index contributed by atoms with van der Waals surface area (Å²) in [5.74, 6) is -0.837. The normalized spacial score (nSPS) is 13.9. The number of fused-ring (bicyclic) bond motifs is 1. The van der Waals surface area contributed by atoms with Gasteiger partial charge in [0.15, 0.2) is 0 Å². The van der Waals surface area contributed by atoms with Crippen LogP contribution >= 0.6 is 0 Å². The Bertz CT molecular complexity index is 1390. The minimum absolute atomic E-state index is 0.196. The Hall–Kier alpha value is -4.27. The molecule has 0 aliphatic carbocycles. The molecule has 0 spiro atoms. The van der Waals surface area contributed by atoms with Crippen molar-refractivity contribution in [3.63, 3.8) is 0 Å². The largest absolute Gasteiger partial charge is 0.356 e. The van der Waals surface area contributed by atoms with E-state index in [0.717, 1.165) is 0 Å². The van der Waals surface area contributed by atoms with Crippen LogP contribution in [-0.2, 0) is 7.05 Å². The zero-order chi connectivity index (χ0) is 23.8. The summed E-state index contributed by atoms with van der Waals surface area (Å²) in [6.45, 7) is 1.40. The molecule has 2 aromatic carbocycles. The lowest BCUT2D eigenvalue weighted by Crippen LogP contribution is -2.50. The van der Waals surface area contributed by atoms with E-state index in [0.29, 0.717) is 54.3 Å². The van der Waals surface area contributed by atoms with Crippen molar-refractivity contribution in [2.45, 2.75) is 0 Å². The highest BCUT2D eigenvalue weighted by Gasteiger charge is 2.30. The highest BCUT2D eigenvalue weighted by Crippen LogP contribution is 2.24. The minimum Gasteiger partial charge on any atom is -0.356 e. The molecule has 34 heavy (non-hydrogen) atoms. The molecule has 2 amide bonds. The Kier molecular flexibility index (Phi) is 5.45. The maximum Gasteiger partial charge on any atom is 0.282 e. The van der Waals surface area contributed by atoms with Gasteiger partial charge in [-0.25, -0.2) is 4.39 Å². The topological polar surface area (TPSA) is 80.4 Å². The first-order valence-electron chi connectivity index (χ1n) is 10.9. The fourth-order valence-corrected chi connectivity index (χ4v) is 4.19. The molecule has 5 rings (SSSR count). The fourth-order valence-electron chi connectivity index (χ4n) is 4.19. The molecule has 0 atom stereocenters. The first kappa shape index (κ1) is 21.6. The van der Waals surface area contributed by atoms with Gasteiger partial charge in [0.2, 0.25) is 0 Å². The number of para-hydroxylation sites is 1. The van der Waals surface area contributed by atoms with Crippen LogP contribution in [0.25, 0.3) is 16.9 Å². The molecule has 3 aliphatic rings. The number of pyridine rings is 1. The molecule has 0 aromatic heterocycles. The Morgan fingerprint density at radius 3 is 2.12 bits per heavy atom. The van der Waals surface area contributed by atoms with Crippen LogP contribution in [0, 0.1) is 5.82 Å². The highest BCUT2D eigenvalue weighted by atomic mass is 19.1. The van der Waals surface area contributed by atoms with Gasteiger partial charge >= 0.3 is 0 Å². The summed E-state index contributed by atoms with van der Waals surface area (Å²) in [6.07, 6.45) is 3.34. The van der Waals surface area contributed by atoms with Gasteiger partial charge in [-0.05, 0) is 36.4 Å². The summed E-state index contributed by atoms with van der Waals surface area (Å²) >= 11 is 0. The number of carbonyl (C=O) groups excluding carboxylic acids is 2. The van der Waals surface area contributed by atoms with Crippen molar-refractivity contribution < 1.29 is 14.0 Å². The Labute approximate surface area is 194 Å². The van der Waals surface area contributed by atoms with E-state index in [9.17, 15) is 18.8 Å². The second-order valence-electron chi connectivity index (χ2n) is 8.24. The van der Waals surface area contributed by atoms with Crippen LogP contribution in [-0.4, -0.2) is 62.1 Å². The maximum absolute atomic E-state index is 13.4. The van der Waals surface area contributed by atoms with E-state index in [1.807, 2.05) is 18.2 Å². The van der Waals surface area contributed by atoms with Crippen LogP contribution in [0.3, 0.4) is 0 Å². The second-order valence-corrected chi connectivity index (χ2v) is 8.24. The molecular weight excluding hydrogens is 437 g/mol. The number of hydrogen-bond donors (Lipinski definition) is 0. The van der Waals surface area contributed by atoms with Crippen LogP contribution < -0.4 is 5.56 Å². The Balaban J connectivity index is 1.38. The lowest BCUT2D eigenvalue weighted by molar-refractivity contribution is 0.0535. The third-order valence-electron chi connectivity index (χ3n) is 5.97. The number of aromatic nitrogens is 3. The van der Waals surface area contributed by atoms with E-state index < -0.39 is 5.82 Å². The smallest absolute Gasteiger partial charge is 0.282 e. The van der Waals surface area contributed by atoms with E-state index in [1.165, 1.54) is 28.9 Å². The van der Waals surface area contributed by atoms with Crippen molar-refractivity contribution in [1.29, 1.82) is 0 Å². The van der Waals surface area contributed by atoms with Gasteiger partial charge in [0.05, 0.1) is 16.8 Å². The molecule has 0 bridgehead atoms. The number of halogens is 1. The molecule has 0 radical (unpaired) electrons. The molecule has 0 N–H and O–H groups in total.